The fourth-order valence-electron chi connectivity index (χ4n) is 3.33. The number of hydrogen-bond acceptors (Lipinski definition) is 7. The SMILES string of the molecule is COC(=O)[C@@H](Cc1cnc2ccccc2n1)NC(=O)[C@H](NC(=O)OCc1ccccc1)C(C)C. The molecule has 0 aliphatic heterocycles. The van der Waals surface area contributed by atoms with Crippen LogP contribution in [0.1, 0.15) is 25.1 Å². The zero-order valence-electron chi connectivity index (χ0n) is 19.4. The van der Waals surface area contributed by atoms with Crippen LogP contribution in [0.3, 0.4) is 0 Å². The number of fused-ring (bicyclic) bond motifs is 1. The van der Waals surface area contributed by atoms with Gasteiger partial charge in [0.05, 0.1) is 23.8 Å². The highest BCUT2D eigenvalue weighted by Gasteiger charge is 2.30. The standard InChI is InChI=1S/C25H28N4O5/c1-16(2)22(29-25(32)34-15-17-9-5-4-6-10-17)23(30)28-21(24(31)33-3)13-18-14-26-19-11-7-8-12-20(19)27-18/h4-12,14,16,21-22H,13,15H2,1-3H3,(H,28,30)(H,29,32)/t21-,22-/m1/s1. The minimum Gasteiger partial charge on any atom is -0.467 e. The van der Waals surface area contributed by atoms with Crippen molar-refractivity contribution in [2.24, 2.45) is 5.92 Å². The molecule has 1 aromatic heterocycles. The van der Waals surface area contributed by atoms with Gasteiger partial charge in [-0.05, 0) is 23.6 Å². The van der Waals surface area contributed by atoms with Gasteiger partial charge >= 0.3 is 12.1 Å². The van der Waals surface area contributed by atoms with Gasteiger partial charge in [0.1, 0.15) is 18.7 Å². The molecule has 9 heteroatoms. The van der Waals surface area contributed by atoms with E-state index in [0.717, 1.165) is 11.1 Å². The number of esters is 1. The molecule has 1 heterocycles. The lowest BCUT2D eigenvalue weighted by molar-refractivity contribution is -0.145. The van der Waals surface area contributed by atoms with E-state index in [0.29, 0.717) is 11.2 Å². The Morgan fingerprint density at radius 3 is 2.29 bits per heavy atom. The van der Waals surface area contributed by atoms with Gasteiger partial charge in [0, 0.05) is 12.6 Å². The van der Waals surface area contributed by atoms with Crippen molar-refractivity contribution in [2.75, 3.05) is 7.11 Å². The lowest BCUT2D eigenvalue weighted by Gasteiger charge is -2.24. The molecule has 34 heavy (non-hydrogen) atoms. The number of hydrogen-bond donors (Lipinski definition) is 2. The summed E-state index contributed by atoms with van der Waals surface area (Å²) in [7, 11) is 1.24. The van der Waals surface area contributed by atoms with E-state index in [1.54, 1.807) is 20.0 Å². The third-order valence-corrected chi connectivity index (χ3v) is 5.15. The maximum Gasteiger partial charge on any atom is 0.408 e. The number of nitrogens with one attached hydrogen (secondary N) is 2. The monoisotopic (exact) mass is 464 g/mol. The second kappa shape index (κ2) is 11.7. The van der Waals surface area contributed by atoms with E-state index in [9.17, 15) is 14.4 Å². The summed E-state index contributed by atoms with van der Waals surface area (Å²) in [6.45, 7) is 3.64. The van der Waals surface area contributed by atoms with Crippen LogP contribution in [-0.2, 0) is 32.1 Å². The van der Waals surface area contributed by atoms with Gasteiger partial charge in [-0.2, -0.15) is 0 Å². The van der Waals surface area contributed by atoms with Gasteiger partial charge in [-0.25, -0.2) is 14.6 Å². The van der Waals surface area contributed by atoms with Crippen LogP contribution in [0.25, 0.3) is 11.0 Å². The minimum absolute atomic E-state index is 0.0739. The van der Waals surface area contributed by atoms with E-state index >= 15 is 0 Å². The van der Waals surface area contributed by atoms with Gasteiger partial charge in [-0.15, -0.1) is 0 Å². The van der Waals surface area contributed by atoms with Crippen molar-refractivity contribution >= 4 is 29.0 Å². The van der Waals surface area contributed by atoms with Crippen LogP contribution >= 0.6 is 0 Å². The fraction of sp³-hybridized carbons (Fsp3) is 0.320. The Bertz CT molecular complexity index is 1140. The Morgan fingerprint density at radius 2 is 1.62 bits per heavy atom. The van der Waals surface area contributed by atoms with Gasteiger partial charge in [-0.1, -0.05) is 56.3 Å². The maximum absolute atomic E-state index is 13.0. The summed E-state index contributed by atoms with van der Waals surface area (Å²) in [5.41, 5.74) is 2.75. The summed E-state index contributed by atoms with van der Waals surface area (Å²) >= 11 is 0. The molecule has 0 saturated carbocycles. The number of ether oxygens (including phenoxy) is 2. The van der Waals surface area contributed by atoms with Crippen LogP contribution in [0.2, 0.25) is 0 Å². The first-order chi connectivity index (χ1) is 16.4. The third-order valence-electron chi connectivity index (χ3n) is 5.15. The van der Waals surface area contributed by atoms with E-state index in [1.807, 2.05) is 54.6 Å². The molecule has 0 unspecified atom stereocenters. The predicted molar refractivity (Wildman–Crippen MR) is 126 cm³/mol. The summed E-state index contributed by atoms with van der Waals surface area (Å²) in [5.74, 6) is -1.42. The molecule has 2 atom stereocenters. The van der Waals surface area contributed by atoms with Gasteiger partial charge in [0.25, 0.3) is 0 Å². The molecule has 3 aromatic rings. The van der Waals surface area contributed by atoms with Crippen molar-refractivity contribution in [1.82, 2.24) is 20.6 Å². The Kier molecular flexibility index (Phi) is 8.50. The molecule has 2 aromatic carbocycles. The molecule has 2 N–H and O–H groups in total. The average Bonchev–Trinajstić information content (AvgIpc) is 2.85. The Morgan fingerprint density at radius 1 is 0.941 bits per heavy atom. The van der Waals surface area contributed by atoms with Crippen molar-refractivity contribution in [1.29, 1.82) is 0 Å². The molecule has 0 radical (unpaired) electrons. The van der Waals surface area contributed by atoms with Crippen molar-refractivity contribution in [3.05, 3.63) is 72.1 Å². The van der Waals surface area contributed by atoms with Crippen LogP contribution < -0.4 is 10.6 Å². The van der Waals surface area contributed by atoms with E-state index in [1.165, 1.54) is 7.11 Å². The molecule has 9 nitrogen and oxygen atoms in total. The highest BCUT2D eigenvalue weighted by atomic mass is 16.5. The number of nitrogens with zero attached hydrogens (tertiary/aromatic N) is 2. The normalized spacial score (nSPS) is 12.6. The molecule has 0 fully saturated rings. The van der Waals surface area contributed by atoms with Crippen molar-refractivity contribution < 1.29 is 23.9 Å². The van der Waals surface area contributed by atoms with Crippen molar-refractivity contribution in [3.8, 4) is 0 Å². The summed E-state index contributed by atoms with van der Waals surface area (Å²) in [6, 6.07) is 14.6. The Labute approximate surface area is 197 Å². The molecule has 2 amide bonds. The van der Waals surface area contributed by atoms with Gasteiger partial charge in [-0.3, -0.25) is 9.78 Å². The smallest absolute Gasteiger partial charge is 0.408 e. The highest BCUT2D eigenvalue weighted by Crippen LogP contribution is 2.11. The first kappa shape index (κ1) is 24.6. The maximum atomic E-state index is 13.0. The zero-order chi connectivity index (χ0) is 24.5. The number of amides is 2. The van der Waals surface area contributed by atoms with Crippen molar-refractivity contribution in [2.45, 2.75) is 39.0 Å². The molecule has 0 bridgehead atoms. The first-order valence-electron chi connectivity index (χ1n) is 10.9. The lowest BCUT2D eigenvalue weighted by atomic mass is 10.0. The third kappa shape index (κ3) is 6.74. The topological polar surface area (TPSA) is 120 Å². The Balaban J connectivity index is 1.66. The largest absolute Gasteiger partial charge is 0.467 e. The molecule has 178 valence electrons. The molecule has 0 spiro atoms. The lowest BCUT2D eigenvalue weighted by Crippen LogP contribution is -2.54. The highest BCUT2D eigenvalue weighted by molar-refractivity contribution is 5.90. The molecule has 0 aliphatic rings. The van der Waals surface area contributed by atoms with Crippen LogP contribution in [0.5, 0.6) is 0 Å². The summed E-state index contributed by atoms with van der Waals surface area (Å²) < 4.78 is 10.1. The zero-order valence-corrected chi connectivity index (χ0v) is 19.4. The van der Waals surface area contributed by atoms with E-state index < -0.39 is 30.1 Å². The average molecular weight is 465 g/mol. The van der Waals surface area contributed by atoms with Crippen LogP contribution in [0, 0.1) is 5.92 Å². The second-order valence-electron chi connectivity index (χ2n) is 8.07. The van der Waals surface area contributed by atoms with Crippen molar-refractivity contribution in [3.63, 3.8) is 0 Å². The van der Waals surface area contributed by atoms with Gasteiger partial charge < -0.3 is 20.1 Å². The van der Waals surface area contributed by atoms with Crippen LogP contribution in [0.4, 0.5) is 4.79 Å². The summed E-state index contributed by atoms with van der Waals surface area (Å²) in [4.78, 5) is 46.6. The number of para-hydroxylation sites is 2. The molecular weight excluding hydrogens is 436 g/mol. The van der Waals surface area contributed by atoms with Crippen LogP contribution in [-0.4, -0.2) is 47.1 Å². The number of methoxy groups -OCH3 is 1. The quantitative estimate of drug-likeness (QED) is 0.467. The van der Waals surface area contributed by atoms with E-state index in [2.05, 4.69) is 20.6 Å². The number of benzene rings is 2. The number of rotatable bonds is 9. The summed E-state index contributed by atoms with van der Waals surface area (Å²) in [6.07, 6.45) is 0.913. The van der Waals surface area contributed by atoms with Gasteiger partial charge in [0.15, 0.2) is 0 Å². The molecule has 0 saturated heterocycles. The van der Waals surface area contributed by atoms with Crippen LogP contribution in [0.15, 0.2) is 60.8 Å². The fourth-order valence-corrected chi connectivity index (χ4v) is 3.33. The first-order valence-corrected chi connectivity index (χ1v) is 10.9. The molecule has 0 aliphatic carbocycles. The van der Waals surface area contributed by atoms with E-state index in [-0.39, 0.29) is 18.9 Å². The van der Waals surface area contributed by atoms with E-state index in [4.69, 9.17) is 9.47 Å². The molecular formula is C25H28N4O5. The Hall–Kier alpha value is -4.01. The molecule has 3 rings (SSSR count). The number of aromatic nitrogens is 2. The predicted octanol–water partition coefficient (Wildman–Crippen LogP) is 2.78. The summed E-state index contributed by atoms with van der Waals surface area (Å²) in [5, 5.41) is 5.26. The minimum atomic E-state index is -1.00. The number of carbonyl (C=O) groups is 3. The van der Waals surface area contributed by atoms with Gasteiger partial charge in [0.2, 0.25) is 5.91 Å². The number of alkyl carbamates (subject to hydrolysis) is 1. The second-order valence-corrected chi connectivity index (χ2v) is 8.07. The number of carbonyl (C=O) groups excluding carboxylic acids is 3.